The molecule has 25 heavy (non-hydrogen) atoms. The maximum Gasteiger partial charge on any atom is 0.417 e. The van der Waals surface area contributed by atoms with Crippen molar-refractivity contribution in [2.45, 2.75) is 6.18 Å². The highest BCUT2D eigenvalue weighted by Crippen LogP contribution is 2.36. The van der Waals surface area contributed by atoms with Gasteiger partial charge in [-0.3, -0.25) is 9.72 Å². The van der Waals surface area contributed by atoms with Gasteiger partial charge in [0.15, 0.2) is 0 Å². The van der Waals surface area contributed by atoms with Crippen molar-refractivity contribution in [1.29, 1.82) is 0 Å². The Labute approximate surface area is 152 Å². The SMILES string of the molecule is O=C(Nc1ccc(Br)c(C(F)(F)F)c1)Nc1cc(Cl)cc2cncn12. The maximum absolute atomic E-state index is 12.9. The molecule has 0 atom stereocenters. The summed E-state index contributed by atoms with van der Waals surface area (Å²) in [5, 5.41) is 5.27. The van der Waals surface area contributed by atoms with Crippen molar-refractivity contribution in [2.75, 3.05) is 10.6 Å². The Kier molecular flexibility index (Phi) is 4.61. The number of hydrogen-bond acceptors (Lipinski definition) is 2. The Hall–Kier alpha value is -2.26. The number of carbonyl (C=O) groups is 1. The molecule has 0 bridgehead atoms. The van der Waals surface area contributed by atoms with Crippen LogP contribution < -0.4 is 10.6 Å². The van der Waals surface area contributed by atoms with E-state index in [2.05, 4.69) is 31.5 Å². The molecule has 0 aliphatic carbocycles. The van der Waals surface area contributed by atoms with Crippen LogP contribution in [0.3, 0.4) is 0 Å². The van der Waals surface area contributed by atoms with Crippen molar-refractivity contribution in [2.24, 2.45) is 0 Å². The first-order chi connectivity index (χ1) is 11.7. The van der Waals surface area contributed by atoms with Gasteiger partial charge in [-0.15, -0.1) is 0 Å². The van der Waals surface area contributed by atoms with E-state index in [1.807, 2.05) is 0 Å². The number of halogens is 5. The average molecular weight is 434 g/mol. The number of pyridine rings is 1. The molecule has 2 aromatic heterocycles. The number of amides is 2. The van der Waals surface area contributed by atoms with Gasteiger partial charge in [0.25, 0.3) is 0 Å². The molecule has 0 fully saturated rings. The Morgan fingerprint density at radius 3 is 2.68 bits per heavy atom. The predicted octanol–water partition coefficient (Wildman–Crippen LogP) is 5.41. The Balaban J connectivity index is 1.82. The van der Waals surface area contributed by atoms with E-state index >= 15 is 0 Å². The van der Waals surface area contributed by atoms with Crippen LogP contribution in [-0.4, -0.2) is 15.4 Å². The van der Waals surface area contributed by atoms with Gasteiger partial charge in [0, 0.05) is 15.2 Å². The van der Waals surface area contributed by atoms with Gasteiger partial charge < -0.3 is 5.32 Å². The second-order valence-electron chi connectivity index (χ2n) is 5.02. The summed E-state index contributed by atoms with van der Waals surface area (Å²) in [6, 6.07) is 5.84. The normalized spacial score (nSPS) is 11.6. The van der Waals surface area contributed by atoms with Crippen LogP contribution in [-0.2, 0) is 6.18 Å². The van der Waals surface area contributed by atoms with Gasteiger partial charge in [0.2, 0.25) is 0 Å². The first kappa shape index (κ1) is 17.6. The fourth-order valence-corrected chi connectivity index (χ4v) is 2.88. The number of fused-ring (bicyclic) bond motifs is 1. The van der Waals surface area contributed by atoms with E-state index < -0.39 is 17.8 Å². The van der Waals surface area contributed by atoms with Gasteiger partial charge in [0.05, 0.1) is 17.3 Å². The molecule has 0 unspecified atom stereocenters. The van der Waals surface area contributed by atoms with Crippen molar-refractivity contribution >= 4 is 50.6 Å². The van der Waals surface area contributed by atoms with Crippen molar-refractivity contribution < 1.29 is 18.0 Å². The van der Waals surface area contributed by atoms with Crippen LogP contribution in [0.2, 0.25) is 5.02 Å². The van der Waals surface area contributed by atoms with Crippen molar-refractivity contribution in [3.05, 3.63) is 57.9 Å². The summed E-state index contributed by atoms with van der Waals surface area (Å²) in [4.78, 5) is 16.1. The third-order valence-electron chi connectivity index (χ3n) is 3.26. The van der Waals surface area contributed by atoms with Gasteiger partial charge in [-0.1, -0.05) is 27.5 Å². The van der Waals surface area contributed by atoms with E-state index in [9.17, 15) is 18.0 Å². The Bertz CT molecular complexity index is 958. The monoisotopic (exact) mass is 432 g/mol. The lowest BCUT2D eigenvalue weighted by molar-refractivity contribution is -0.138. The molecular weight excluding hydrogens is 425 g/mol. The largest absolute Gasteiger partial charge is 0.417 e. The standard InChI is InChI=1S/C15H9BrClF3N4O/c16-12-2-1-9(5-11(12)15(18,19)20)22-14(25)23-13-4-8(17)3-10-6-21-7-24(10)13/h1-7H,(H2,22,23,25). The molecule has 0 spiro atoms. The second-order valence-corrected chi connectivity index (χ2v) is 6.31. The molecule has 3 aromatic rings. The van der Waals surface area contributed by atoms with Crippen LogP contribution in [0.4, 0.5) is 29.5 Å². The second kappa shape index (κ2) is 6.57. The van der Waals surface area contributed by atoms with Gasteiger partial charge in [-0.25, -0.2) is 9.78 Å². The minimum absolute atomic E-state index is 0.00284. The topological polar surface area (TPSA) is 58.4 Å². The lowest BCUT2D eigenvalue weighted by Crippen LogP contribution is -2.21. The number of carbonyl (C=O) groups excluding carboxylic acids is 1. The first-order valence-electron chi connectivity index (χ1n) is 6.80. The van der Waals surface area contributed by atoms with E-state index in [1.165, 1.54) is 24.5 Å². The number of imidazole rings is 1. The average Bonchev–Trinajstić information content (AvgIpc) is 2.96. The minimum Gasteiger partial charge on any atom is -0.308 e. The number of urea groups is 1. The summed E-state index contributed by atoms with van der Waals surface area (Å²) >= 11 is 8.81. The van der Waals surface area contributed by atoms with Crippen molar-refractivity contribution in [3.8, 4) is 0 Å². The van der Waals surface area contributed by atoms with Crippen LogP contribution in [0.5, 0.6) is 0 Å². The Morgan fingerprint density at radius 1 is 1.20 bits per heavy atom. The molecule has 130 valence electrons. The highest BCUT2D eigenvalue weighted by molar-refractivity contribution is 9.10. The number of alkyl halides is 3. The van der Waals surface area contributed by atoms with E-state index in [0.717, 1.165) is 6.07 Å². The number of nitrogens with zero attached hydrogens (tertiary/aromatic N) is 2. The molecule has 1 aromatic carbocycles. The minimum atomic E-state index is -4.54. The van der Waals surface area contributed by atoms with Crippen LogP contribution in [0, 0.1) is 0 Å². The van der Waals surface area contributed by atoms with Crippen molar-refractivity contribution in [3.63, 3.8) is 0 Å². The molecule has 2 heterocycles. The molecule has 0 aliphatic heterocycles. The summed E-state index contributed by atoms with van der Waals surface area (Å²) in [6.45, 7) is 0. The van der Waals surface area contributed by atoms with Crippen LogP contribution in [0.15, 0.2) is 47.3 Å². The Morgan fingerprint density at radius 2 is 1.96 bits per heavy atom. The molecular formula is C15H9BrClF3N4O. The van der Waals surface area contributed by atoms with Gasteiger partial charge in [-0.05, 0) is 30.3 Å². The lowest BCUT2D eigenvalue weighted by Gasteiger charge is -2.13. The number of aromatic nitrogens is 2. The van der Waals surface area contributed by atoms with Gasteiger partial charge >= 0.3 is 12.2 Å². The summed E-state index contributed by atoms with van der Waals surface area (Å²) < 4.78 is 40.2. The molecule has 0 radical (unpaired) electrons. The molecule has 3 rings (SSSR count). The first-order valence-corrected chi connectivity index (χ1v) is 7.97. The zero-order chi connectivity index (χ0) is 18.2. The van der Waals surface area contributed by atoms with E-state index in [1.54, 1.807) is 16.7 Å². The summed E-state index contributed by atoms with van der Waals surface area (Å²) in [5.41, 5.74) is -0.229. The number of rotatable bonds is 2. The fraction of sp³-hybridized carbons (Fsp3) is 0.0667. The molecule has 5 nitrogen and oxygen atoms in total. The van der Waals surface area contributed by atoms with Crippen LogP contribution >= 0.6 is 27.5 Å². The smallest absolute Gasteiger partial charge is 0.308 e. The molecule has 0 saturated heterocycles. The highest BCUT2D eigenvalue weighted by atomic mass is 79.9. The molecule has 0 aliphatic rings. The number of nitrogens with one attached hydrogen (secondary N) is 2. The van der Waals surface area contributed by atoms with Crippen LogP contribution in [0.25, 0.3) is 5.52 Å². The zero-order valence-electron chi connectivity index (χ0n) is 12.2. The molecule has 10 heteroatoms. The predicted molar refractivity (Wildman–Crippen MR) is 92.0 cm³/mol. The number of anilines is 2. The number of benzene rings is 1. The summed E-state index contributed by atoms with van der Waals surface area (Å²) in [5.74, 6) is 0.325. The van der Waals surface area contributed by atoms with Crippen LogP contribution in [0.1, 0.15) is 5.56 Å². The molecule has 0 saturated carbocycles. The quantitative estimate of drug-likeness (QED) is 0.567. The third kappa shape index (κ3) is 3.88. The molecule has 2 amide bonds. The number of hydrogen-bond donors (Lipinski definition) is 2. The summed E-state index contributed by atoms with van der Waals surface area (Å²) in [6.07, 6.45) is -1.51. The van der Waals surface area contributed by atoms with Crippen molar-refractivity contribution in [1.82, 2.24) is 9.38 Å². The third-order valence-corrected chi connectivity index (χ3v) is 4.17. The summed E-state index contributed by atoms with van der Waals surface area (Å²) in [7, 11) is 0. The lowest BCUT2D eigenvalue weighted by atomic mass is 10.2. The highest BCUT2D eigenvalue weighted by Gasteiger charge is 2.33. The molecule has 2 N–H and O–H groups in total. The van der Waals surface area contributed by atoms with Gasteiger partial charge in [-0.2, -0.15) is 13.2 Å². The van der Waals surface area contributed by atoms with E-state index in [-0.39, 0.29) is 10.2 Å². The van der Waals surface area contributed by atoms with E-state index in [4.69, 9.17) is 11.6 Å². The zero-order valence-corrected chi connectivity index (χ0v) is 14.6. The fourth-order valence-electron chi connectivity index (χ4n) is 2.19. The maximum atomic E-state index is 12.9. The van der Waals surface area contributed by atoms with Gasteiger partial charge in [0.1, 0.15) is 12.1 Å². The van der Waals surface area contributed by atoms with E-state index in [0.29, 0.717) is 16.4 Å².